The van der Waals surface area contributed by atoms with E-state index in [4.69, 9.17) is 11.6 Å². The third-order valence-corrected chi connectivity index (χ3v) is 6.09. The molecule has 2 aromatic heterocycles. The SMILES string of the molecule is Cc1cc(C)nc(NS(=O)(=O)c2ccc(NC(=O)C(C)n3ncc(Cl)c3C)cc2)n1. The second kappa shape index (κ2) is 8.41. The van der Waals surface area contributed by atoms with Crippen LogP contribution in [0.5, 0.6) is 0 Å². The number of anilines is 2. The number of aromatic nitrogens is 4. The number of hydrogen-bond acceptors (Lipinski definition) is 6. The number of halogens is 1. The molecule has 30 heavy (non-hydrogen) atoms. The van der Waals surface area contributed by atoms with Crippen molar-refractivity contribution < 1.29 is 13.2 Å². The van der Waals surface area contributed by atoms with Crippen LogP contribution in [0.2, 0.25) is 5.02 Å². The molecule has 11 heteroatoms. The average Bonchev–Trinajstić information content (AvgIpc) is 2.99. The molecule has 0 fully saturated rings. The number of nitrogens with one attached hydrogen (secondary N) is 2. The molecular weight excluding hydrogens is 428 g/mol. The Kier molecular flexibility index (Phi) is 6.09. The quantitative estimate of drug-likeness (QED) is 0.597. The van der Waals surface area contributed by atoms with Gasteiger partial charge in [0.15, 0.2) is 0 Å². The number of amides is 1. The van der Waals surface area contributed by atoms with Gasteiger partial charge < -0.3 is 5.32 Å². The predicted molar refractivity (Wildman–Crippen MR) is 114 cm³/mol. The lowest BCUT2D eigenvalue weighted by molar-refractivity contribution is -0.119. The van der Waals surface area contributed by atoms with Crippen molar-refractivity contribution in [2.45, 2.75) is 38.6 Å². The molecule has 158 valence electrons. The molecule has 0 saturated carbocycles. The molecule has 2 N–H and O–H groups in total. The molecule has 2 heterocycles. The maximum atomic E-state index is 12.6. The van der Waals surface area contributed by atoms with Crippen LogP contribution in [0, 0.1) is 20.8 Å². The molecule has 3 aromatic rings. The Labute approximate surface area is 179 Å². The van der Waals surface area contributed by atoms with Gasteiger partial charge in [-0.2, -0.15) is 5.10 Å². The fourth-order valence-electron chi connectivity index (χ4n) is 2.82. The van der Waals surface area contributed by atoms with Gasteiger partial charge >= 0.3 is 0 Å². The van der Waals surface area contributed by atoms with Gasteiger partial charge in [-0.05, 0) is 58.0 Å². The molecule has 1 unspecified atom stereocenters. The van der Waals surface area contributed by atoms with E-state index in [1.807, 2.05) is 0 Å². The summed E-state index contributed by atoms with van der Waals surface area (Å²) < 4.78 is 29.1. The second-order valence-corrected chi connectivity index (χ2v) is 8.88. The van der Waals surface area contributed by atoms with E-state index in [1.54, 1.807) is 33.8 Å². The topological polar surface area (TPSA) is 119 Å². The zero-order valence-electron chi connectivity index (χ0n) is 16.8. The highest BCUT2D eigenvalue weighted by Crippen LogP contribution is 2.20. The van der Waals surface area contributed by atoms with Gasteiger partial charge in [0, 0.05) is 17.1 Å². The van der Waals surface area contributed by atoms with Crippen molar-refractivity contribution in [3.63, 3.8) is 0 Å². The lowest BCUT2D eigenvalue weighted by Crippen LogP contribution is -2.25. The van der Waals surface area contributed by atoms with Gasteiger partial charge in [0.1, 0.15) is 6.04 Å². The number of nitrogens with zero attached hydrogens (tertiary/aromatic N) is 4. The summed E-state index contributed by atoms with van der Waals surface area (Å²) >= 11 is 5.99. The first-order valence-corrected chi connectivity index (χ1v) is 10.9. The Morgan fingerprint density at radius 1 is 1.10 bits per heavy atom. The number of hydrogen-bond donors (Lipinski definition) is 2. The van der Waals surface area contributed by atoms with E-state index in [9.17, 15) is 13.2 Å². The van der Waals surface area contributed by atoms with E-state index in [1.165, 1.54) is 35.1 Å². The van der Waals surface area contributed by atoms with Crippen molar-refractivity contribution in [3.05, 3.63) is 58.6 Å². The molecule has 0 aliphatic heterocycles. The summed E-state index contributed by atoms with van der Waals surface area (Å²) in [5, 5.41) is 7.31. The van der Waals surface area contributed by atoms with Crippen molar-refractivity contribution in [2.24, 2.45) is 0 Å². The van der Waals surface area contributed by atoms with Gasteiger partial charge in [-0.25, -0.2) is 23.1 Å². The van der Waals surface area contributed by atoms with E-state index in [0.717, 1.165) is 0 Å². The fraction of sp³-hybridized carbons (Fsp3) is 0.263. The van der Waals surface area contributed by atoms with Crippen molar-refractivity contribution >= 4 is 39.2 Å². The Morgan fingerprint density at radius 2 is 1.70 bits per heavy atom. The Hall–Kier alpha value is -2.98. The lowest BCUT2D eigenvalue weighted by Gasteiger charge is -2.15. The van der Waals surface area contributed by atoms with E-state index in [0.29, 0.717) is 27.8 Å². The number of carbonyl (C=O) groups excluding carboxylic acids is 1. The average molecular weight is 449 g/mol. The summed E-state index contributed by atoms with van der Waals surface area (Å²) in [6, 6.07) is 6.94. The van der Waals surface area contributed by atoms with Crippen molar-refractivity contribution in [3.8, 4) is 0 Å². The number of aryl methyl sites for hydroxylation is 2. The molecule has 9 nitrogen and oxygen atoms in total. The smallest absolute Gasteiger partial charge is 0.264 e. The van der Waals surface area contributed by atoms with Crippen LogP contribution in [-0.2, 0) is 14.8 Å². The summed E-state index contributed by atoms with van der Waals surface area (Å²) in [6.45, 7) is 6.97. The summed E-state index contributed by atoms with van der Waals surface area (Å²) in [5.74, 6) is -0.304. The fourth-order valence-corrected chi connectivity index (χ4v) is 3.89. The molecule has 0 radical (unpaired) electrons. The molecule has 0 saturated heterocycles. The van der Waals surface area contributed by atoms with Crippen LogP contribution in [0.15, 0.2) is 41.4 Å². The van der Waals surface area contributed by atoms with Crippen LogP contribution in [-0.4, -0.2) is 34.1 Å². The van der Waals surface area contributed by atoms with Crippen LogP contribution >= 0.6 is 11.6 Å². The van der Waals surface area contributed by atoms with Crippen LogP contribution in [0.25, 0.3) is 0 Å². The third-order valence-electron chi connectivity index (χ3n) is 4.37. The van der Waals surface area contributed by atoms with Crippen molar-refractivity contribution in [2.75, 3.05) is 10.0 Å². The second-order valence-electron chi connectivity index (χ2n) is 6.79. The lowest BCUT2D eigenvalue weighted by atomic mass is 10.2. The van der Waals surface area contributed by atoms with Gasteiger partial charge in [0.05, 0.1) is 21.8 Å². The first-order chi connectivity index (χ1) is 14.1. The van der Waals surface area contributed by atoms with Gasteiger partial charge in [0.25, 0.3) is 10.0 Å². The van der Waals surface area contributed by atoms with Gasteiger partial charge in [-0.15, -0.1) is 0 Å². The minimum Gasteiger partial charge on any atom is -0.324 e. The van der Waals surface area contributed by atoms with Crippen molar-refractivity contribution in [1.82, 2.24) is 19.7 Å². The Balaban J connectivity index is 1.72. The van der Waals surface area contributed by atoms with E-state index in [-0.39, 0.29) is 16.8 Å². The van der Waals surface area contributed by atoms with Gasteiger partial charge in [-0.3, -0.25) is 9.48 Å². The Morgan fingerprint density at radius 3 is 2.23 bits per heavy atom. The van der Waals surface area contributed by atoms with Gasteiger partial charge in [0.2, 0.25) is 11.9 Å². The van der Waals surface area contributed by atoms with Gasteiger partial charge in [-0.1, -0.05) is 11.6 Å². The van der Waals surface area contributed by atoms with Crippen LogP contribution in [0.4, 0.5) is 11.6 Å². The molecule has 1 aromatic carbocycles. The molecule has 0 bridgehead atoms. The summed E-state index contributed by atoms with van der Waals surface area (Å²) in [7, 11) is -3.87. The predicted octanol–water partition coefficient (Wildman–Crippen LogP) is 3.25. The van der Waals surface area contributed by atoms with Crippen molar-refractivity contribution in [1.29, 1.82) is 0 Å². The highest BCUT2D eigenvalue weighted by Gasteiger charge is 2.20. The summed E-state index contributed by atoms with van der Waals surface area (Å²) in [4.78, 5) is 20.7. The normalized spacial score (nSPS) is 12.4. The van der Waals surface area contributed by atoms with Crippen LogP contribution < -0.4 is 10.0 Å². The minimum atomic E-state index is -3.87. The molecule has 1 amide bonds. The minimum absolute atomic E-state index is 0.00644. The Bertz CT molecular complexity index is 1170. The zero-order valence-corrected chi connectivity index (χ0v) is 18.4. The maximum Gasteiger partial charge on any atom is 0.264 e. The molecule has 0 spiro atoms. The van der Waals surface area contributed by atoms with Crippen LogP contribution in [0.1, 0.15) is 30.0 Å². The monoisotopic (exact) mass is 448 g/mol. The number of carbonyl (C=O) groups is 1. The molecular formula is C19H21ClN6O3S. The molecule has 0 aliphatic carbocycles. The largest absolute Gasteiger partial charge is 0.324 e. The van der Waals surface area contributed by atoms with E-state index >= 15 is 0 Å². The highest BCUT2D eigenvalue weighted by molar-refractivity contribution is 7.92. The number of benzene rings is 1. The third kappa shape index (κ3) is 4.77. The summed E-state index contributed by atoms with van der Waals surface area (Å²) in [5.41, 5.74) is 2.44. The number of sulfonamides is 1. The highest BCUT2D eigenvalue weighted by atomic mass is 35.5. The van der Waals surface area contributed by atoms with E-state index in [2.05, 4.69) is 25.1 Å². The maximum absolute atomic E-state index is 12.6. The molecule has 3 rings (SSSR count). The number of rotatable bonds is 6. The standard InChI is InChI=1S/C19H21ClN6O3S/c1-11-9-12(2)23-19(22-11)25-30(28,29)16-7-5-15(6-8-16)24-18(27)14(4)26-13(3)17(20)10-21-26/h5-10,14H,1-4H3,(H,24,27)(H,22,23,25). The first-order valence-electron chi connectivity index (χ1n) is 9.02. The molecule has 0 aliphatic rings. The zero-order chi connectivity index (χ0) is 22.1. The first kappa shape index (κ1) is 21.7. The molecule has 1 atom stereocenters. The van der Waals surface area contributed by atoms with Crippen LogP contribution in [0.3, 0.4) is 0 Å². The van der Waals surface area contributed by atoms with E-state index < -0.39 is 16.1 Å². The summed E-state index contributed by atoms with van der Waals surface area (Å²) in [6.07, 6.45) is 1.48.